The van der Waals surface area contributed by atoms with E-state index in [1.54, 1.807) is 0 Å². The van der Waals surface area contributed by atoms with Crippen LogP contribution in [-0.4, -0.2) is 16.6 Å². The second-order valence-corrected chi connectivity index (χ2v) is 16.6. The summed E-state index contributed by atoms with van der Waals surface area (Å²) in [5.74, 6) is 0. The third kappa shape index (κ3) is 8.88. The summed E-state index contributed by atoms with van der Waals surface area (Å²) >= 11 is 0. The highest BCUT2D eigenvalue weighted by atomic mass is 28.4. The normalized spacial score (nSPS) is 12.8. The van der Waals surface area contributed by atoms with E-state index in [9.17, 15) is 0 Å². The number of hydrogen-bond acceptors (Lipinski definition) is 1. The zero-order valence-corrected chi connectivity index (χ0v) is 19.3. The Labute approximate surface area is 150 Å². The molecule has 0 rings (SSSR count). The second kappa shape index (κ2) is 13.7. The lowest BCUT2D eigenvalue weighted by atomic mass is 10.4. The molecular weight excluding hydrogens is 312 g/mol. The van der Waals surface area contributed by atoms with Gasteiger partial charge in [-0.05, 0) is 36.3 Å². The van der Waals surface area contributed by atoms with Gasteiger partial charge in [0.15, 0.2) is 16.6 Å². The Bertz CT molecular complexity index is 226. The summed E-state index contributed by atoms with van der Waals surface area (Å²) in [6.45, 7) is 14.2. The zero-order valence-electron chi connectivity index (χ0n) is 17.3. The molecule has 1 nitrogen and oxygen atoms in total. The third-order valence-electron chi connectivity index (χ3n) is 5.67. The van der Waals surface area contributed by atoms with Gasteiger partial charge >= 0.3 is 0 Å². The first-order valence-corrected chi connectivity index (χ1v) is 15.8. The van der Waals surface area contributed by atoms with E-state index in [0.717, 1.165) is 0 Å². The molecule has 0 aliphatic rings. The van der Waals surface area contributed by atoms with Crippen LogP contribution in [0, 0.1) is 0 Å². The van der Waals surface area contributed by atoms with Crippen molar-refractivity contribution in [3.05, 3.63) is 0 Å². The molecule has 0 spiro atoms. The molecule has 0 amide bonds. The summed E-state index contributed by atoms with van der Waals surface area (Å²) in [5.41, 5.74) is 0. The molecule has 0 saturated heterocycles. The van der Waals surface area contributed by atoms with Crippen LogP contribution in [0.15, 0.2) is 0 Å². The Hall–Kier alpha value is 0.394. The first-order chi connectivity index (χ1) is 11.1. The predicted molar refractivity (Wildman–Crippen MR) is 112 cm³/mol. The Morgan fingerprint density at radius 1 is 0.478 bits per heavy atom. The SMILES string of the molecule is CCCC[Si](CC)(CCCC)O[Si](CC)(CCCC)CCCC. The largest absolute Gasteiger partial charge is 0.455 e. The lowest BCUT2D eigenvalue weighted by Crippen LogP contribution is -2.51. The lowest BCUT2D eigenvalue weighted by molar-refractivity contribution is 0.485. The molecule has 0 aromatic heterocycles. The zero-order chi connectivity index (χ0) is 17.6. The maximum Gasteiger partial charge on any atom is 0.179 e. The Morgan fingerprint density at radius 2 is 0.739 bits per heavy atom. The molecule has 0 heterocycles. The smallest absolute Gasteiger partial charge is 0.179 e. The highest BCUT2D eigenvalue weighted by Crippen LogP contribution is 2.36. The van der Waals surface area contributed by atoms with E-state index in [-0.39, 0.29) is 0 Å². The summed E-state index contributed by atoms with van der Waals surface area (Å²) in [6.07, 6.45) is 10.9. The number of unbranched alkanes of at least 4 members (excludes halogenated alkanes) is 4. The van der Waals surface area contributed by atoms with Crippen molar-refractivity contribution in [1.29, 1.82) is 0 Å². The summed E-state index contributed by atoms with van der Waals surface area (Å²) < 4.78 is 7.41. The van der Waals surface area contributed by atoms with Gasteiger partial charge in [0.2, 0.25) is 0 Å². The monoisotopic (exact) mass is 358 g/mol. The molecule has 140 valence electrons. The van der Waals surface area contributed by atoms with Gasteiger partial charge < -0.3 is 4.12 Å². The molecule has 23 heavy (non-hydrogen) atoms. The van der Waals surface area contributed by atoms with Gasteiger partial charge in [-0.1, -0.05) is 92.9 Å². The summed E-state index contributed by atoms with van der Waals surface area (Å²) in [4.78, 5) is 0. The molecule has 0 unspecified atom stereocenters. The van der Waals surface area contributed by atoms with E-state index in [4.69, 9.17) is 4.12 Å². The van der Waals surface area contributed by atoms with Gasteiger partial charge in [0.1, 0.15) is 0 Å². The van der Waals surface area contributed by atoms with Gasteiger partial charge in [0.05, 0.1) is 0 Å². The van der Waals surface area contributed by atoms with Crippen LogP contribution in [0.2, 0.25) is 36.3 Å². The lowest BCUT2D eigenvalue weighted by Gasteiger charge is -2.42. The van der Waals surface area contributed by atoms with Crippen LogP contribution in [0.4, 0.5) is 0 Å². The average molecular weight is 359 g/mol. The van der Waals surface area contributed by atoms with Crippen molar-refractivity contribution < 1.29 is 4.12 Å². The fourth-order valence-electron chi connectivity index (χ4n) is 3.76. The molecule has 0 radical (unpaired) electrons. The quantitative estimate of drug-likeness (QED) is 0.253. The molecule has 3 heteroatoms. The highest BCUT2D eigenvalue weighted by molar-refractivity contribution is 6.87. The maximum atomic E-state index is 7.41. The average Bonchev–Trinajstić information content (AvgIpc) is 2.60. The topological polar surface area (TPSA) is 9.23 Å². The van der Waals surface area contributed by atoms with Crippen molar-refractivity contribution in [1.82, 2.24) is 0 Å². The van der Waals surface area contributed by atoms with Gasteiger partial charge in [0.25, 0.3) is 0 Å². The predicted octanol–water partition coefficient (Wildman–Crippen LogP) is 8.13. The minimum absolute atomic E-state index is 1.33. The van der Waals surface area contributed by atoms with Crippen molar-refractivity contribution >= 4 is 16.6 Å². The van der Waals surface area contributed by atoms with Crippen LogP contribution >= 0.6 is 0 Å². The van der Waals surface area contributed by atoms with E-state index >= 15 is 0 Å². The summed E-state index contributed by atoms with van der Waals surface area (Å²) in [6, 6.07) is 8.39. The van der Waals surface area contributed by atoms with Crippen molar-refractivity contribution in [2.45, 2.75) is 129 Å². The minimum atomic E-state index is -1.51. The van der Waals surface area contributed by atoms with Crippen LogP contribution in [0.3, 0.4) is 0 Å². The van der Waals surface area contributed by atoms with Gasteiger partial charge in [-0.15, -0.1) is 0 Å². The Balaban J connectivity index is 5.24. The van der Waals surface area contributed by atoms with Gasteiger partial charge in [0, 0.05) is 0 Å². The standard InChI is InChI=1S/C20H46OSi2/c1-7-13-17-22(11-5,18-14-8-2)21-23(12-6,19-15-9-3)20-16-10-4/h7-20H2,1-6H3. The molecule has 0 saturated carbocycles. The summed E-state index contributed by atoms with van der Waals surface area (Å²) in [7, 11) is -3.01. The van der Waals surface area contributed by atoms with E-state index < -0.39 is 16.6 Å². The maximum absolute atomic E-state index is 7.41. The summed E-state index contributed by atoms with van der Waals surface area (Å²) in [5, 5.41) is 0. The van der Waals surface area contributed by atoms with Crippen LogP contribution in [0.1, 0.15) is 92.9 Å². The molecule has 0 aromatic carbocycles. The number of rotatable bonds is 16. The van der Waals surface area contributed by atoms with Crippen molar-refractivity contribution in [3.63, 3.8) is 0 Å². The van der Waals surface area contributed by atoms with E-state index in [2.05, 4.69) is 41.5 Å². The van der Waals surface area contributed by atoms with Crippen LogP contribution in [0.25, 0.3) is 0 Å². The van der Waals surface area contributed by atoms with Gasteiger partial charge in [-0.3, -0.25) is 0 Å². The molecule has 0 fully saturated rings. The van der Waals surface area contributed by atoms with Crippen LogP contribution in [-0.2, 0) is 4.12 Å². The third-order valence-corrected chi connectivity index (χ3v) is 16.8. The highest BCUT2D eigenvalue weighted by Gasteiger charge is 2.42. The van der Waals surface area contributed by atoms with E-state index in [1.807, 2.05) is 0 Å². The molecule has 0 aromatic rings. The van der Waals surface area contributed by atoms with Crippen molar-refractivity contribution in [2.24, 2.45) is 0 Å². The van der Waals surface area contributed by atoms with Crippen LogP contribution < -0.4 is 0 Å². The number of hydrogen-bond donors (Lipinski definition) is 0. The van der Waals surface area contributed by atoms with E-state index in [0.29, 0.717) is 0 Å². The van der Waals surface area contributed by atoms with Gasteiger partial charge in [-0.25, -0.2) is 0 Å². The molecule has 0 aliphatic heterocycles. The fourth-order valence-corrected chi connectivity index (χ4v) is 16.1. The van der Waals surface area contributed by atoms with E-state index in [1.165, 1.54) is 87.6 Å². The Kier molecular flexibility index (Phi) is 13.9. The molecule has 0 aliphatic carbocycles. The van der Waals surface area contributed by atoms with Crippen LogP contribution in [0.5, 0.6) is 0 Å². The molecular formula is C20H46OSi2. The van der Waals surface area contributed by atoms with Crippen molar-refractivity contribution in [3.8, 4) is 0 Å². The minimum Gasteiger partial charge on any atom is -0.455 e. The Morgan fingerprint density at radius 3 is 0.913 bits per heavy atom. The first kappa shape index (κ1) is 23.4. The molecule has 0 atom stereocenters. The van der Waals surface area contributed by atoms with Gasteiger partial charge in [-0.2, -0.15) is 0 Å². The molecule has 0 bridgehead atoms. The fraction of sp³-hybridized carbons (Fsp3) is 1.00. The first-order valence-electron chi connectivity index (χ1n) is 10.8. The molecule has 0 N–H and O–H groups in total. The second-order valence-electron chi connectivity index (χ2n) is 7.59. The van der Waals surface area contributed by atoms with Crippen molar-refractivity contribution in [2.75, 3.05) is 0 Å².